The number of hydrogen-bond acceptors (Lipinski definition) is 4. The summed E-state index contributed by atoms with van der Waals surface area (Å²) in [6, 6.07) is 14.5. The molecule has 0 unspecified atom stereocenters. The van der Waals surface area contributed by atoms with E-state index in [2.05, 4.69) is 0 Å². The fourth-order valence-electron chi connectivity index (χ4n) is 4.15. The Morgan fingerprint density at radius 2 is 1.17 bits per heavy atom. The van der Waals surface area contributed by atoms with Gasteiger partial charge < -0.3 is 9.13 Å². The van der Waals surface area contributed by atoms with E-state index >= 15 is 0 Å². The number of hydrogen-bond donors (Lipinski definition) is 1. The van der Waals surface area contributed by atoms with Gasteiger partial charge in [-0.25, -0.2) is 0 Å². The van der Waals surface area contributed by atoms with E-state index in [9.17, 15) is 22.6 Å². The van der Waals surface area contributed by atoms with Crippen LogP contribution in [0.4, 0.5) is 0 Å². The lowest BCUT2D eigenvalue weighted by molar-refractivity contribution is 0.483. The Balaban J connectivity index is 2.03. The van der Waals surface area contributed by atoms with Gasteiger partial charge in [0, 0.05) is 35.6 Å². The minimum Gasteiger partial charge on any atom is -0.343 e. The Kier molecular flexibility index (Phi) is 3.71. The number of aryl methyl sites for hydroxylation is 2. The Hall–Kier alpha value is -3.49. The zero-order valence-corrected chi connectivity index (χ0v) is 16.9. The number of fused-ring (bicyclic) bond motifs is 4. The van der Waals surface area contributed by atoms with Crippen LogP contribution in [0.15, 0.2) is 69.1 Å². The standard InChI is InChI=1S/C22H16N2O5S/c1-23-17-6-4-3-5-13(17)21(25)15-10-20-16(11-19(15)23)22(26)14-9-12(30(27,28)29)7-8-18(14)24(20)2/h3-11H,1-2H3,(H,27,28,29). The lowest BCUT2D eigenvalue weighted by atomic mass is 10.0. The third kappa shape index (κ3) is 2.44. The van der Waals surface area contributed by atoms with E-state index in [1.807, 2.05) is 29.8 Å². The van der Waals surface area contributed by atoms with Crippen LogP contribution < -0.4 is 10.9 Å². The molecule has 0 aliphatic rings. The maximum atomic E-state index is 13.2. The molecule has 0 aliphatic heterocycles. The molecule has 0 saturated carbocycles. The summed E-state index contributed by atoms with van der Waals surface area (Å²) in [6.07, 6.45) is 0. The second kappa shape index (κ2) is 6.01. The molecule has 0 aliphatic carbocycles. The molecule has 0 saturated heterocycles. The molecule has 0 spiro atoms. The van der Waals surface area contributed by atoms with Gasteiger partial charge in [-0.3, -0.25) is 14.1 Å². The van der Waals surface area contributed by atoms with Gasteiger partial charge in [-0.05, 0) is 42.5 Å². The number of benzene rings is 3. The Morgan fingerprint density at radius 3 is 1.77 bits per heavy atom. The van der Waals surface area contributed by atoms with Crippen LogP contribution in [0.25, 0.3) is 43.6 Å². The fourth-order valence-corrected chi connectivity index (χ4v) is 4.66. The predicted octanol–water partition coefficient (Wildman–Crippen LogP) is 2.94. The first kappa shape index (κ1) is 18.5. The molecular weight excluding hydrogens is 404 g/mol. The molecule has 30 heavy (non-hydrogen) atoms. The molecular formula is C22H16N2O5S. The number of para-hydroxylation sites is 1. The molecule has 7 nitrogen and oxygen atoms in total. The molecule has 5 aromatic rings. The first-order valence-corrected chi connectivity index (χ1v) is 10.6. The van der Waals surface area contributed by atoms with Crippen molar-refractivity contribution in [3.05, 3.63) is 75.0 Å². The van der Waals surface area contributed by atoms with Gasteiger partial charge in [-0.15, -0.1) is 0 Å². The van der Waals surface area contributed by atoms with Crippen LogP contribution in [0.1, 0.15) is 0 Å². The van der Waals surface area contributed by atoms with Crippen molar-refractivity contribution in [3.8, 4) is 0 Å². The van der Waals surface area contributed by atoms with Crippen LogP contribution in [-0.4, -0.2) is 22.1 Å². The highest BCUT2D eigenvalue weighted by Gasteiger charge is 2.17. The quantitative estimate of drug-likeness (QED) is 0.332. The minimum atomic E-state index is -4.44. The molecule has 0 radical (unpaired) electrons. The summed E-state index contributed by atoms with van der Waals surface area (Å²) in [7, 11) is -0.866. The molecule has 2 aromatic heterocycles. The first-order chi connectivity index (χ1) is 14.2. The minimum absolute atomic E-state index is 0.116. The van der Waals surface area contributed by atoms with Crippen molar-refractivity contribution >= 4 is 53.7 Å². The molecule has 1 N–H and O–H groups in total. The molecule has 3 aromatic carbocycles. The lowest BCUT2D eigenvalue weighted by Gasteiger charge is -2.15. The largest absolute Gasteiger partial charge is 0.343 e. The van der Waals surface area contributed by atoms with Crippen LogP contribution >= 0.6 is 0 Å². The van der Waals surface area contributed by atoms with Crippen molar-refractivity contribution in [2.75, 3.05) is 0 Å². The van der Waals surface area contributed by atoms with E-state index in [0.717, 1.165) is 5.52 Å². The zero-order valence-electron chi connectivity index (χ0n) is 16.1. The molecule has 0 fully saturated rings. The average Bonchev–Trinajstić information content (AvgIpc) is 2.74. The SMILES string of the molecule is Cn1c2ccccc2c(=O)c2cc3c(cc21)c(=O)c1cc(S(=O)(=O)O)ccc1n3C. The maximum Gasteiger partial charge on any atom is 0.294 e. The monoisotopic (exact) mass is 420 g/mol. The van der Waals surface area contributed by atoms with Gasteiger partial charge >= 0.3 is 0 Å². The van der Waals surface area contributed by atoms with Gasteiger partial charge in [0.05, 0.1) is 27.0 Å². The van der Waals surface area contributed by atoms with E-state index in [0.29, 0.717) is 32.7 Å². The Labute approximate surface area is 170 Å². The third-order valence-electron chi connectivity index (χ3n) is 5.71. The van der Waals surface area contributed by atoms with Gasteiger partial charge in [0.15, 0.2) is 10.9 Å². The summed E-state index contributed by atoms with van der Waals surface area (Å²) in [4.78, 5) is 26.0. The van der Waals surface area contributed by atoms with Crippen LogP contribution in [0, 0.1) is 0 Å². The van der Waals surface area contributed by atoms with E-state index in [1.165, 1.54) is 18.2 Å². The Morgan fingerprint density at radius 1 is 0.667 bits per heavy atom. The van der Waals surface area contributed by atoms with Crippen molar-refractivity contribution in [1.82, 2.24) is 9.13 Å². The number of nitrogens with zero attached hydrogens (tertiary/aromatic N) is 2. The number of pyridine rings is 2. The van der Waals surface area contributed by atoms with Crippen LogP contribution in [0.5, 0.6) is 0 Å². The van der Waals surface area contributed by atoms with E-state index in [-0.39, 0.29) is 21.1 Å². The average molecular weight is 420 g/mol. The summed E-state index contributed by atoms with van der Waals surface area (Å²) in [5.41, 5.74) is 1.93. The zero-order chi connectivity index (χ0) is 21.4. The lowest BCUT2D eigenvalue weighted by Crippen LogP contribution is -2.13. The van der Waals surface area contributed by atoms with Gasteiger partial charge in [-0.1, -0.05) is 12.1 Å². The Bertz CT molecular complexity index is 1780. The van der Waals surface area contributed by atoms with Crippen molar-refractivity contribution in [3.63, 3.8) is 0 Å². The summed E-state index contributed by atoms with van der Waals surface area (Å²) < 4.78 is 36.0. The molecule has 0 bridgehead atoms. The van der Waals surface area contributed by atoms with Crippen molar-refractivity contribution in [1.29, 1.82) is 0 Å². The van der Waals surface area contributed by atoms with Crippen LogP contribution in [0.3, 0.4) is 0 Å². The highest BCUT2D eigenvalue weighted by atomic mass is 32.2. The first-order valence-electron chi connectivity index (χ1n) is 9.14. The van der Waals surface area contributed by atoms with E-state index < -0.39 is 10.1 Å². The van der Waals surface area contributed by atoms with E-state index in [1.54, 1.807) is 29.8 Å². The third-order valence-corrected chi connectivity index (χ3v) is 6.56. The maximum absolute atomic E-state index is 13.2. The topological polar surface area (TPSA) is 98.4 Å². The molecule has 0 amide bonds. The molecule has 150 valence electrons. The highest BCUT2D eigenvalue weighted by Crippen LogP contribution is 2.26. The fraction of sp³-hybridized carbons (Fsp3) is 0.0909. The second-order valence-corrected chi connectivity index (χ2v) is 8.76. The summed E-state index contributed by atoms with van der Waals surface area (Å²) in [6.45, 7) is 0. The van der Waals surface area contributed by atoms with Crippen molar-refractivity contribution < 1.29 is 13.0 Å². The van der Waals surface area contributed by atoms with Gasteiger partial charge in [0.1, 0.15) is 0 Å². The van der Waals surface area contributed by atoms with Gasteiger partial charge in [0.25, 0.3) is 10.1 Å². The predicted molar refractivity (Wildman–Crippen MR) is 117 cm³/mol. The molecule has 0 atom stereocenters. The summed E-state index contributed by atoms with van der Waals surface area (Å²) in [5, 5.41) is 1.61. The second-order valence-electron chi connectivity index (χ2n) is 7.33. The van der Waals surface area contributed by atoms with Gasteiger partial charge in [-0.2, -0.15) is 8.42 Å². The van der Waals surface area contributed by atoms with Crippen molar-refractivity contribution in [2.24, 2.45) is 14.1 Å². The smallest absolute Gasteiger partial charge is 0.294 e. The molecule has 8 heteroatoms. The number of rotatable bonds is 1. The van der Waals surface area contributed by atoms with Gasteiger partial charge in [0.2, 0.25) is 0 Å². The summed E-state index contributed by atoms with van der Waals surface area (Å²) in [5.74, 6) is 0. The van der Waals surface area contributed by atoms with Crippen molar-refractivity contribution in [2.45, 2.75) is 4.90 Å². The molecule has 2 heterocycles. The van der Waals surface area contributed by atoms with E-state index in [4.69, 9.17) is 0 Å². The number of aromatic nitrogens is 2. The van der Waals surface area contributed by atoms with Crippen LogP contribution in [-0.2, 0) is 24.2 Å². The normalized spacial score (nSPS) is 12.4. The van der Waals surface area contributed by atoms with Crippen LogP contribution in [0.2, 0.25) is 0 Å². The summed E-state index contributed by atoms with van der Waals surface area (Å²) >= 11 is 0. The molecule has 5 rings (SSSR count). The highest BCUT2D eigenvalue weighted by molar-refractivity contribution is 7.85.